The van der Waals surface area contributed by atoms with Crippen molar-refractivity contribution in [1.82, 2.24) is 5.32 Å². The second-order valence-corrected chi connectivity index (χ2v) is 3.46. The molecule has 1 rings (SSSR count). The summed E-state index contributed by atoms with van der Waals surface area (Å²) in [6.07, 6.45) is 1.59. The number of carbonyl (C=O) groups excluding carboxylic acids is 1. The molecule has 1 amide bonds. The first-order chi connectivity index (χ1) is 8.24. The predicted octanol–water partition coefficient (Wildman–Crippen LogP) is 0.703. The number of hydrogen-bond donors (Lipinski definition) is 2. The van der Waals surface area contributed by atoms with Gasteiger partial charge in [-0.2, -0.15) is 6.41 Å². The molecule has 6 heteroatoms. The molecule has 0 radical (unpaired) electrons. The van der Waals surface area contributed by atoms with E-state index in [4.69, 9.17) is 9.84 Å². The molecule has 104 valence electrons. The van der Waals surface area contributed by atoms with Crippen molar-refractivity contribution < 1.29 is 19.4 Å². The molecule has 1 aromatic carbocycles. The van der Waals surface area contributed by atoms with Crippen LogP contribution in [0.1, 0.15) is 12.0 Å². The van der Waals surface area contributed by atoms with Gasteiger partial charge in [0.05, 0.1) is 12.6 Å². The van der Waals surface area contributed by atoms with Gasteiger partial charge in [0.1, 0.15) is 0 Å². The van der Waals surface area contributed by atoms with Gasteiger partial charge in [-0.05, 0) is 12.0 Å². The van der Waals surface area contributed by atoms with Gasteiger partial charge in [0.2, 0.25) is 0 Å². The first-order valence-corrected chi connectivity index (χ1v) is 5.21. The minimum atomic E-state index is -1.09. The molecule has 0 bridgehead atoms. The van der Waals surface area contributed by atoms with Gasteiger partial charge in [0, 0.05) is 6.61 Å². The minimum absolute atomic E-state index is 0. The van der Waals surface area contributed by atoms with Gasteiger partial charge < -0.3 is 20.0 Å². The van der Waals surface area contributed by atoms with Crippen LogP contribution in [-0.2, 0) is 20.9 Å². The molecule has 0 fully saturated rings. The number of hydrogen-bond acceptors (Lipinski definition) is 3. The van der Waals surface area contributed by atoms with E-state index in [1.165, 1.54) is 6.41 Å². The average molecular weight is 493 g/mol. The van der Waals surface area contributed by atoms with E-state index >= 15 is 0 Å². The van der Waals surface area contributed by atoms with Crippen molar-refractivity contribution in [1.29, 1.82) is 0 Å². The van der Waals surface area contributed by atoms with Crippen molar-refractivity contribution in [2.75, 3.05) is 6.61 Å². The maximum absolute atomic E-state index is 10.7. The van der Waals surface area contributed by atoms with Crippen molar-refractivity contribution in [2.24, 2.45) is 0 Å². The van der Waals surface area contributed by atoms with Gasteiger partial charge in [-0.3, -0.25) is 4.79 Å². The average Bonchev–Trinajstić information content (AvgIpc) is 2.34. The number of carboxylic acids is 1. The summed E-state index contributed by atoms with van der Waals surface area (Å²) in [4.78, 5) is 20.7. The van der Waals surface area contributed by atoms with Gasteiger partial charge >= 0.3 is 5.97 Å². The molecular formula is C12H14FmNO4-. The third kappa shape index (κ3) is 5.27. The van der Waals surface area contributed by atoms with E-state index in [0.29, 0.717) is 6.61 Å². The molecule has 5 nitrogen and oxygen atoms in total. The van der Waals surface area contributed by atoms with Gasteiger partial charge in [0.15, 0.2) is 0 Å². The summed E-state index contributed by atoms with van der Waals surface area (Å²) in [7, 11) is 0. The summed E-state index contributed by atoms with van der Waals surface area (Å²) in [6.45, 7) is 0.693. The number of aliphatic carboxylic acids is 1. The van der Waals surface area contributed by atoms with E-state index in [2.05, 4.69) is 5.32 Å². The number of amides is 1. The Morgan fingerprint density at radius 3 is 2.61 bits per heavy atom. The molecule has 0 aliphatic heterocycles. The molecular weight excluding hydrogens is 479 g/mol. The van der Waals surface area contributed by atoms with Crippen LogP contribution >= 0.6 is 0 Å². The maximum Gasteiger partial charge on any atom is 0.323 e. The fourth-order valence-corrected chi connectivity index (χ4v) is 1.29. The number of carbonyl (C=O) groups is 1. The standard InChI is InChI=1S/C12H14NO4.Fm/c14-9-13-11(12(15)16)6-7-17-8-10-4-2-1-3-5-10;/h1-5,11H,6-8H2,(H,13,14)(H,15,16);/q-1;. The van der Waals surface area contributed by atoms with Crippen LogP contribution in [0.3, 0.4) is 0 Å². The molecule has 0 saturated heterocycles. The molecule has 0 aliphatic carbocycles. The first-order valence-electron chi connectivity index (χ1n) is 5.21. The Kier molecular flexibility index (Phi) is 6.97. The smallest absolute Gasteiger partial charge is 0.323 e. The third-order valence-corrected chi connectivity index (χ3v) is 2.19. The van der Waals surface area contributed by atoms with E-state index in [-0.39, 0.29) is 13.0 Å². The number of benzene rings is 1. The summed E-state index contributed by atoms with van der Waals surface area (Å²) in [5.74, 6) is -1.09. The zero-order valence-electron chi connectivity index (χ0n) is 9.55. The van der Waals surface area contributed by atoms with Crippen LogP contribution in [0, 0.1) is 0 Å². The molecule has 2 N–H and O–H groups in total. The van der Waals surface area contributed by atoms with Gasteiger partial charge in [-0.15, -0.1) is 0 Å². The van der Waals surface area contributed by atoms with Crippen molar-refractivity contribution in [3.8, 4) is 0 Å². The van der Waals surface area contributed by atoms with Crippen LogP contribution in [0.4, 0.5) is 0 Å². The normalized spacial score (nSPS) is 11.1. The molecule has 0 saturated carbocycles. The van der Waals surface area contributed by atoms with Crippen LogP contribution < -0.4 is 5.32 Å². The molecule has 1 atom stereocenters. The maximum atomic E-state index is 10.7. The van der Waals surface area contributed by atoms with E-state index < -0.39 is 12.0 Å². The fourth-order valence-electron chi connectivity index (χ4n) is 1.29. The monoisotopic (exact) mass is 493 g/mol. The van der Waals surface area contributed by atoms with Crippen molar-refractivity contribution in [3.05, 3.63) is 35.9 Å². The third-order valence-electron chi connectivity index (χ3n) is 2.19. The van der Waals surface area contributed by atoms with Crippen LogP contribution in [0.15, 0.2) is 30.3 Å². The summed E-state index contributed by atoms with van der Waals surface area (Å²) in [5.41, 5.74) is 1.02. The number of ether oxygens (including phenoxy) is 1. The van der Waals surface area contributed by atoms with Crippen LogP contribution in [0.25, 0.3) is 0 Å². The van der Waals surface area contributed by atoms with Crippen LogP contribution in [0.2, 0.25) is 0 Å². The second-order valence-electron chi connectivity index (χ2n) is 3.46. The van der Waals surface area contributed by atoms with Gasteiger partial charge in [0.25, 0.3) is 0 Å². The zero-order valence-corrected chi connectivity index (χ0v) is 11.9. The zero-order chi connectivity index (χ0) is 12.5. The summed E-state index contributed by atoms with van der Waals surface area (Å²) in [6, 6.07) is 8.62. The van der Waals surface area contributed by atoms with E-state index in [9.17, 15) is 9.59 Å². The molecule has 0 spiro atoms. The first kappa shape index (κ1) is 15.1. The van der Waals surface area contributed by atoms with Gasteiger partial charge in [-0.1, -0.05) is 30.3 Å². The summed E-state index contributed by atoms with van der Waals surface area (Å²) >= 11 is 0. The fraction of sp³-hybridized carbons (Fsp3) is 0.333. The largest absolute Gasteiger partial charge is 0.520 e. The second kappa shape index (κ2) is 8.29. The quantitative estimate of drug-likeness (QED) is 0.318. The molecule has 18 heavy (non-hydrogen) atoms. The van der Waals surface area contributed by atoms with Crippen molar-refractivity contribution in [3.63, 3.8) is 0 Å². The topological polar surface area (TPSA) is 75.6 Å². The Balaban J connectivity index is 0.00000289. The number of nitrogens with one attached hydrogen (secondary N) is 1. The SMILES string of the molecule is O=[C-]NC(CCOCc1ccccc1)C(=O)O.[Fm]. The Bertz CT molecular complexity index is 358. The van der Waals surface area contributed by atoms with Crippen LogP contribution in [-0.4, -0.2) is 30.1 Å². The van der Waals surface area contributed by atoms with Crippen LogP contribution in [0.5, 0.6) is 0 Å². The summed E-state index contributed by atoms with van der Waals surface area (Å²) < 4.78 is 5.31. The number of carboxylic acid groups (broad SMARTS) is 1. The number of rotatable bonds is 8. The molecule has 0 aliphatic rings. The predicted molar refractivity (Wildman–Crippen MR) is 61.0 cm³/mol. The Labute approximate surface area is 99.4 Å². The molecule has 0 aromatic heterocycles. The van der Waals surface area contributed by atoms with E-state index in [1.54, 1.807) is 0 Å². The van der Waals surface area contributed by atoms with Gasteiger partial charge in [-0.25, -0.2) is 0 Å². The summed E-state index contributed by atoms with van der Waals surface area (Å²) in [5, 5.41) is 10.8. The molecule has 1 aromatic rings. The van der Waals surface area contributed by atoms with Crippen molar-refractivity contribution in [2.45, 2.75) is 19.1 Å². The Hall–Kier alpha value is -2.88. The molecule has 1 unspecified atom stereocenters. The van der Waals surface area contributed by atoms with E-state index in [1.807, 2.05) is 30.3 Å². The van der Waals surface area contributed by atoms with Crippen molar-refractivity contribution >= 4 is 12.4 Å². The Morgan fingerprint density at radius 1 is 1.39 bits per heavy atom. The molecule has 0 heterocycles. The Morgan fingerprint density at radius 2 is 2.06 bits per heavy atom. The minimum Gasteiger partial charge on any atom is -0.520 e. The van der Waals surface area contributed by atoms with E-state index in [0.717, 1.165) is 5.56 Å².